The number of hydrogen-bond donors (Lipinski definition) is 1. The molecule has 0 bridgehead atoms. The van der Waals surface area contributed by atoms with Gasteiger partial charge in [0, 0.05) is 12.1 Å². The molecule has 1 aliphatic rings. The molecule has 0 aromatic heterocycles. The first kappa shape index (κ1) is 13.0. The average molecular weight is 212 g/mol. The molecule has 1 atom stereocenters. The number of unbranched alkanes of at least 4 members (excludes halogenated alkanes) is 1. The van der Waals surface area contributed by atoms with Crippen LogP contribution >= 0.6 is 0 Å². The van der Waals surface area contributed by atoms with Crippen LogP contribution in [0.15, 0.2) is 0 Å². The SMILES string of the molecule is CCCCN(C)C(C)(CN)CC1CCC1. The molecule has 1 unspecified atom stereocenters. The zero-order valence-electron chi connectivity index (χ0n) is 10.8. The maximum absolute atomic E-state index is 5.97. The van der Waals surface area contributed by atoms with E-state index >= 15 is 0 Å². The third-order valence-electron chi connectivity index (χ3n) is 4.16. The molecule has 0 radical (unpaired) electrons. The van der Waals surface area contributed by atoms with Crippen LogP contribution in [0.2, 0.25) is 0 Å². The lowest BCUT2D eigenvalue weighted by atomic mass is 9.76. The van der Waals surface area contributed by atoms with E-state index in [4.69, 9.17) is 5.73 Å². The number of rotatable bonds is 7. The van der Waals surface area contributed by atoms with Gasteiger partial charge in [-0.1, -0.05) is 32.6 Å². The molecule has 0 aromatic rings. The molecule has 1 saturated carbocycles. The molecular formula is C13H28N2. The molecule has 2 nitrogen and oxygen atoms in total. The minimum Gasteiger partial charge on any atom is -0.329 e. The highest BCUT2D eigenvalue weighted by Crippen LogP contribution is 2.35. The van der Waals surface area contributed by atoms with E-state index < -0.39 is 0 Å². The Balaban J connectivity index is 2.41. The van der Waals surface area contributed by atoms with Gasteiger partial charge in [-0.25, -0.2) is 0 Å². The van der Waals surface area contributed by atoms with Crippen LogP contribution in [0.1, 0.15) is 52.4 Å². The van der Waals surface area contributed by atoms with Gasteiger partial charge in [0.25, 0.3) is 0 Å². The van der Waals surface area contributed by atoms with E-state index in [1.54, 1.807) is 0 Å². The summed E-state index contributed by atoms with van der Waals surface area (Å²) in [6.45, 7) is 6.57. The van der Waals surface area contributed by atoms with Crippen molar-refractivity contribution in [3.05, 3.63) is 0 Å². The number of likely N-dealkylation sites (N-methyl/N-ethyl adjacent to an activating group) is 1. The largest absolute Gasteiger partial charge is 0.329 e. The van der Waals surface area contributed by atoms with Crippen molar-refractivity contribution in [3.8, 4) is 0 Å². The van der Waals surface area contributed by atoms with Crippen LogP contribution in [0, 0.1) is 5.92 Å². The van der Waals surface area contributed by atoms with E-state index in [1.165, 1.54) is 45.1 Å². The third-order valence-corrected chi connectivity index (χ3v) is 4.16. The molecule has 90 valence electrons. The molecule has 0 heterocycles. The number of nitrogens with two attached hydrogens (primary N) is 1. The summed E-state index contributed by atoms with van der Waals surface area (Å²) in [6, 6.07) is 0. The molecule has 1 aliphatic carbocycles. The van der Waals surface area contributed by atoms with Crippen LogP contribution in [0.3, 0.4) is 0 Å². The van der Waals surface area contributed by atoms with Crippen LogP contribution < -0.4 is 5.73 Å². The fraction of sp³-hybridized carbons (Fsp3) is 1.00. The Hall–Kier alpha value is -0.0800. The van der Waals surface area contributed by atoms with E-state index in [0.29, 0.717) is 0 Å². The van der Waals surface area contributed by atoms with Crippen molar-refractivity contribution < 1.29 is 0 Å². The van der Waals surface area contributed by atoms with Crippen molar-refractivity contribution in [2.24, 2.45) is 11.7 Å². The summed E-state index contributed by atoms with van der Waals surface area (Å²) < 4.78 is 0. The second kappa shape index (κ2) is 5.86. The van der Waals surface area contributed by atoms with Crippen molar-refractivity contribution in [3.63, 3.8) is 0 Å². The van der Waals surface area contributed by atoms with E-state index in [2.05, 4.69) is 25.8 Å². The van der Waals surface area contributed by atoms with Gasteiger partial charge < -0.3 is 5.73 Å². The van der Waals surface area contributed by atoms with Gasteiger partial charge in [0.15, 0.2) is 0 Å². The summed E-state index contributed by atoms with van der Waals surface area (Å²) in [5.74, 6) is 0.947. The van der Waals surface area contributed by atoms with Crippen molar-refractivity contribution in [2.75, 3.05) is 20.1 Å². The standard InChI is InChI=1S/C13H28N2/c1-4-5-9-15(3)13(2,11-14)10-12-7-6-8-12/h12H,4-11,14H2,1-3H3. The van der Waals surface area contributed by atoms with Crippen LogP contribution in [-0.2, 0) is 0 Å². The average Bonchev–Trinajstić information content (AvgIpc) is 2.19. The molecule has 0 saturated heterocycles. The number of hydrogen-bond acceptors (Lipinski definition) is 2. The van der Waals surface area contributed by atoms with E-state index in [9.17, 15) is 0 Å². The maximum Gasteiger partial charge on any atom is 0.0303 e. The Morgan fingerprint density at radius 2 is 2.07 bits per heavy atom. The minimum absolute atomic E-state index is 0.236. The van der Waals surface area contributed by atoms with Crippen LogP contribution in [0.5, 0.6) is 0 Å². The smallest absolute Gasteiger partial charge is 0.0303 e. The van der Waals surface area contributed by atoms with Crippen molar-refractivity contribution in [1.82, 2.24) is 4.90 Å². The molecule has 15 heavy (non-hydrogen) atoms. The van der Waals surface area contributed by atoms with Crippen LogP contribution in [0.4, 0.5) is 0 Å². The molecule has 0 aliphatic heterocycles. The molecule has 1 rings (SSSR count). The Bertz CT molecular complexity index is 177. The predicted molar refractivity (Wildman–Crippen MR) is 67.0 cm³/mol. The summed E-state index contributed by atoms with van der Waals surface area (Å²) in [7, 11) is 2.24. The Morgan fingerprint density at radius 1 is 1.40 bits per heavy atom. The molecule has 0 spiro atoms. The zero-order valence-corrected chi connectivity index (χ0v) is 10.8. The van der Waals surface area contributed by atoms with Gasteiger partial charge in [0.1, 0.15) is 0 Å². The van der Waals surface area contributed by atoms with E-state index in [1.807, 2.05) is 0 Å². The van der Waals surface area contributed by atoms with Gasteiger partial charge in [0.2, 0.25) is 0 Å². The van der Waals surface area contributed by atoms with Crippen LogP contribution in [-0.4, -0.2) is 30.6 Å². The fourth-order valence-corrected chi connectivity index (χ4v) is 2.38. The van der Waals surface area contributed by atoms with E-state index in [0.717, 1.165) is 12.5 Å². The quantitative estimate of drug-likeness (QED) is 0.703. The topological polar surface area (TPSA) is 29.3 Å². The Morgan fingerprint density at radius 3 is 2.47 bits per heavy atom. The minimum atomic E-state index is 0.236. The van der Waals surface area contributed by atoms with E-state index in [-0.39, 0.29) is 5.54 Å². The second-order valence-electron chi connectivity index (χ2n) is 5.48. The highest BCUT2D eigenvalue weighted by molar-refractivity contribution is 4.90. The van der Waals surface area contributed by atoms with Gasteiger partial charge in [0.05, 0.1) is 0 Å². The maximum atomic E-state index is 5.97. The summed E-state index contributed by atoms with van der Waals surface area (Å²) in [4.78, 5) is 2.48. The first-order valence-corrected chi connectivity index (χ1v) is 6.53. The normalized spacial score (nSPS) is 21.4. The van der Waals surface area contributed by atoms with Gasteiger partial charge in [-0.05, 0) is 39.3 Å². The molecule has 2 heteroatoms. The highest BCUT2D eigenvalue weighted by atomic mass is 15.2. The molecule has 0 aromatic carbocycles. The monoisotopic (exact) mass is 212 g/mol. The lowest BCUT2D eigenvalue weighted by Crippen LogP contribution is -2.51. The number of nitrogens with zero attached hydrogens (tertiary/aromatic N) is 1. The second-order valence-corrected chi connectivity index (χ2v) is 5.48. The van der Waals surface area contributed by atoms with Gasteiger partial charge in [-0.2, -0.15) is 0 Å². The van der Waals surface area contributed by atoms with Crippen molar-refractivity contribution >= 4 is 0 Å². The highest BCUT2D eigenvalue weighted by Gasteiger charge is 2.32. The van der Waals surface area contributed by atoms with Crippen LogP contribution in [0.25, 0.3) is 0 Å². The van der Waals surface area contributed by atoms with Crippen molar-refractivity contribution in [2.45, 2.75) is 57.9 Å². The summed E-state index contributed by atoms with van der Waals surface area (Å²) in [5.41, 5.74) is 6.20. The van der Waals surface area contributed by atoms with Gasteiger partial charge in [-0.15, -0.1) is 0 Å². The van der Waals surface area contributed by atoms with Gasteiger partial charge >= 0.3 is 0 Å². The molecule has 1 fully saturated rings. The zero-order chi connectivity index (χ0) is 11.3. The predicted octanol–water partition coefficient (Wildman–Crippen LogP) is 2.63. The van der Waals surface area contributed by atoms with Gasteiger partial charge in [-0.3, -0.25) is 4.90 Å². The summed E-state index contributed by atoms with van der Waals surface area (Å²) >= 11 is 0. The molecular weight excluding hydrogens is 184 g/mol. The fourth-order valence-electron chi connectivity index (χ4n) is 2.38. The van der Waals surface area contributed by atoms with Crippen molar-refractivity contribution in [1.29, 1.82) is 0 Å². The third kappa shape index (κ3) is 3.46. The first-order chi connectivity index (χ1) is 7.12. The molecule has 2 N–H and O–H groups in total. The first-order valence-electron chi connectivity index (χ1n) is 6.53. The Kier molecular flexibility index (Phi) is 5.07. The molecule has 0 amide bonds. The summed E-state index contributed by atoms with van der Waals surface area (Å²) in [5, 5.41) is 0. The summed E-state index contributed by atoms with van der Waals surface area (Å²) in [6.07, 6.45) is 8.15. The lowest BCUT2D eigenvalue weighted by molar-refractivity contribution is 0.0907. The Labute approximate surface area is 95.2 Å². The lowest BCUT2D eigenvalue weighted by Gasteiger charge is -2.42.